The highest BCUT2D eigenvalue weighted by molar-refractivity contribution is 6.40. The molecule has 0 aliphatic heterocycles. The number of oxime groups is 1. The summed E-state index contributed by atoms with van der Waals surface area (Å²) in [6.07, 6.45) is 0. The first kappa shape index (κ1) is 14.2. The lowest BCUT2D eigenvalue weighted by molar-refractivity contribution is 0.318. The standard InChI is InChI=1S/C8H8Cl2N2O2.ClH/c1-14-5-3-2-4(9)6(7(5)10)8(11)12-13;/h2-3,13H,1H3,(H2,11,12);1H. The molecule has 0 spiro atoms. The second-order valence-corrected chi connectivity index (χ2v) is 3.21. The summed E-state index contributed by atoms with van der Waals surface area (Å²) in [5.41, 5.74) is 5.65. The monoisotopic (exact) mass is 270 g/mol. The van der Waals surface area contributed by atoms with E-state index >= 15 is 0 Å². The highest BCUT2D eigenvalue weighted by atomic mass is 35.5. The Morgan fingerprint density at radius 1 is 1.47 bits per heavy atom. The molecule has 0 bridgehead atoms. The second-order valence-electron chi connectivity index (χ2n) is 2.42. The van der Waals surface area contributed by atoms with Gasteiger partial charge in [-0.05, 0) is 12.1 Å². The lowest BCUT2D eigenvalue weighted by atomic mass is 10.2. The summed E-state index contributed by atoms with van der Waals surface area (Å²) >= 11 is 11.7. The van der Waals surface area contributed by atoms with Crippen molar-refractivity contribution >= 4 is 41.4 Å². The molecule has 0 saturated carbocycles. The number of rotatable bonds is 2. The average Bonchev–Trinajstić information content (AvgIpc) is 2.18. The van der Waals surface area contributed by atoms with Gasteiger partial charge < -0.3 is 15.7 Å². The summed E-state index contributed by atoms with van der Waals surface area (Å²) in [5, 5.41) is 11.8. The Kier molecular flexibility index (Phi) is 5.57. The third-order valence-corrected chi connectivity index (χ3v) is 2.33. The van der Waals surface area contributed by atoms with E-state index in [1.165, 1.54) is 7.11 Å². The third kappa shape index (κ3) is 2.81. The predicted molar refractivity (Wildman–Crippen MR) is 62.8 cm³/mol. The average molecular weight is 272 g/mol. The fourth-order valence-corrected chi connectivity index (χ4v) is 1.62. The first-order valence-corrected chi connectivity index (χ1v) is 4.37. The molecule has 0 aliphatic rings. The molecule has 7 heteroatoms. The van der Waals surface area contributed by atoms with E-state index < -0.39 is 0 Å². The number of hydrogen-bond acceptors (Lipinski definition) is 3. The molecule has 0 atom stereocenters. The molecule has 84 valence electrons. The van der Waals surface area contributed by atoms with Crippen molar-refractivity contribution in [2.24, 2.45) is 10.9 Å². The summed E-state index contributed by atoms with van der Waals surface area (Å²) in [5.74, 6) is 0.261. The lowest BCUT2D eigenvalue weighted by Crippen LogP contribution is -2.14. The van der Waals surface area contributed by atoms with Gasteiger partial charge >= 0.3 is 0 Å². The Morgan fingerprint density at radius 2 is 2.07 bits per heavy atom. The van der Waals surface area contributed by atoms with Gasteiger partial charge in [0.15, 0.2) is 5.84 Å². The number of benzene rings is 1. The SMILES string of the molecule is COc1ccc(Cl)c(C(N)=NO)c1Cl.Cl. The highest BCUT2D eigenvalue weighted by Gasteiger charge is 2.14. The van der Waals surface area contributed by atoms with Crippen molar-refractivity contribution in [1.82, 2.24) is 0 Å². The van der Waals surface area contributed by atoms with Crippen LogP contribution in [0.4, 0.5) is 0 Å². The van der Waals surface area contributed by atoms with Crippen LogP contribution < -0.4 is 10.5 Å². The zero-order chi connectivity index (χ0) is 10.7. The molecule has 15 heavy (non-hydrogen) atoms. The lowest BCUT2D eigenvalue weighted by Gasteiger charge is -2.08. The first-order chi connectivity index (χ1) is 6.61. The van der Waals surface area contributed by atoms with Gasteiger partial charge in [-0.2, -0.15) is 0 Å². The zero-order valence-corrected chi connectivity index (χ0v) is 10.0. The maximum atomic E-state index is 8.51. The number of nitrogens with zero attached hydrogens (tertiary/aromatic N) is 1. The van der Waals surface area contributed by atoms with Crippen molar-refractivity contribution in [2.45, 2.75) is 0 Å². The third-order valence-electron chi connectivity index (χ3n) is 1.64. The number of halogens is 3. The number of nitrogens with two attached hydrogens (primary N) is 1. The smallest absolute Gasteiger partial charge is 0.173 e. The summed E-state index contributed by atoms with van der Waals surface area (Å²) in [7, 11) is 1.46. The minimum atomic E-state index is -0.154. The molecule has 4 nitrogen and oxygen atoms in total. The molecule has 0 radical (unpaired) electrons. The molecule has 0 unspecified atom stereocenters. The number of hydrogen-bond donors (Lipinski definition) is 2. The Labute approximate surface area is 103 Å². The number of ether oxygens (including phenoxy) is 1. The van der Waals surface area contributed by atoms with E-state index in [1.807, 2.05) is 0 Å². The van der Waals surface area contributed by atoms with Crippen LogP contribution in [0.5, 0.6) is 5.75 Å². The molecule has 3 N–H and O–H groups in total. The first-order valence-electron chi connectivity index (χ1n) is 3.61. The number of amidine groups is 1. The minimum Gasteiger partial charge on any atom is -0.495 e. The van der Waals surface area contributed by atoms with E-state index in [1.54, 1.807) is 12.1 Å². The van der Waals surface area contributed by atoms with Gasteiger partial charge in [0.25, 0.3) is 0 Å². The largest absolute Gasteiger partial charge is 0.495 e. The molecule has 0 heterocycles. The molecule has 0 aliphatic carbocycles. The van der Waals surface area contributed by atoms with Gasteiger partial charge in [0.05, 0.1) is 22.7 Å². The van der Waals surface area contributed by atoms with Crippen LogP contribution in [0.3, 0.4) is 0 Å². The van der Waals surface area contributed by atoms with Crippen molar-refractivity contribution in [3.63, 3.8) is 0 Å². The zero-order valence-electron chi connectivity index (χ0n) is 7.70. The van der Waals surface area contributed by atoms with Crippen LogP contribution in [0.25, 0.3) is 0 Å². The van der Waals surface area contributed by atoms with Gasteiger partial charge in [-0.3, -0.25) is 0 Å². The Morgan fingerprint density at radius 3 is 2.53 bits per heavy atom. The molecule has 1 aromatic carbocycles. The van der Waals surface area contributed by atoms with E-state index in [2.05, 4.69) is 5.16 Å². The van der Waals surface area contributed by atoms with Gasteiger partial charge in [0.2, 0.25) is 0 Å². The normalized spacial score (nSPS) is 10.7. The summed E-state index contributed by atoms with van der Waals surface area (Å²) < 4.78 is 4.95. The summed E-state index contributed by atoms with van der Waals surface area (Å²) in [6.45, 7) is 0. The quantitative estimate of drug-likeness (QED) is 0.376. The molecular formula is C8H9Cl3N2O2. The van der Waals surface area contributed by atoms with E-state index in [0.717, 1.165) is 0 Å². The van der Waals surface area contributed by atoms with E-state index in [9.17, 15) is 0 Å². The predicted octanol–water partition coefficient (Wildman–Crippen LogP) is 2.52. The van der Waals surface area contributed by atoms with E-state index in [-0.39, 0.29) is 28.8 Å². The summed E-state index contributed by atoms with van der Waals surface area (Å²) in [6, 6.07) is 3.15. The van der Waals surface area contributed by atoms with Gasteiger partial charge in [-0.15, -0.1) is 12.4 Å². The van der Waals surface area contributed by atoms with Gasteiger partial charge in [-0.25, -0.2) is 0 Å². The maximum Gasteiger partial charge on any atom is 0.173 e. The van der Waals surface area contributed by atoms with Crippen molar-refractivity contribution < 1.29 is 9.94 Å². The maximum absolute atomic E-state index is 8.51. The topological polar surface area (TPSA) is 67.8 Å². The van der Waals surface area contributed by atoms with Crippen LogP contribution in [-0.4, -0.2) is 18.2 Å². The van der Waals surface area contributed by atoms with Crippen LogP contribution in [0.2, 0.25) is 10.0 Å². The molecule has 0 fully saturated rings. The van der Waals surface area contributed by atoms with Crippen molar-refractivity contribution in [2.75, 3.05) is 7.11 Å². The Bertz CT molecular complexity index is 382. The second kappa shape index (κ2) is 5.90. The van der Waals surface area contributed by atoms with Crippen LogP contribution in [0.15, 0.2) is 17.3 Å². The molecule has 0 saturated heterocycles. The van der Waals surface area contributed by atoms with Gasteiger partial charge in [0, 0.05) is 0 Å². The van der Waals surface area contributed by atoms with Gasteiger partial charge in [-0.1, -0.05) is 28.4 Å². The minimum absolute atomic E-state index is 0. The molecule has 0 amide bonds. The van der Waals surface area contributed by atoms with Crippen molar-refractivity contribution in [1.29, 1.82) is 0 Å². The highest BCUT2D eigenvalue weighted by Crippen LogP contribution is 2.32. The Balaban J connectivity index is 0.00000196. The van der Waals surface area contributed by atoms with E-state index in [4.69, 9.17) is 38.9 Å². The number of methoxy groups -OCH3 is 1. The van der Waals surface area contributed by atoms with Crippen LogP contribution in [0, 0.1) is 0 Å². The van der Waals surface area contributed by atoms with Crippen LogP contribution in [0.1, 0.15) is 5.56 Å². The molecule has 1 aromatic rings. The van der Waals surface area contributed by atoms with Crippen LogP contribution in [-0.2, 0) is 0 Å². The molecular weight excluding hydrogens is 262 g/mol. The molecule has 0 aromatic heterocycles. The van der Waals surface area contributed by atoms with Crippen LogP contribution >= 0.6 is 35.6 Å². The van der Waals surface area contributed by atoms with E-state index in [0.29, 0.717) is 10.8 Å². The van der Waals surface area contributed by atoms with Crippen molar-refractivity contribution in [3.8, 4) is 5.75 Å². The fraction of sp³-hybridized carbons (Fsp3) is 0.125. The summed E-state index contributed by atoms with van der Waals surface area (Å²) in [4.78, 5) is 0. The molecule has 1 rings (SSSR count). The van der Waals surface area contributed by atoms with Crippen molar-refractivity contribution in [3.05, 3.63) is 27.7 Å². The fourth-order valence-electron chi connectivity index (χ4n) is 0.976. The Hall–Kier alpha value is -0.840. The van der Waals surface area contributed by atoms with Gasteiger partial charge in [0.1, 0.15) is 5.75 Å².